The molecule has 0 atom stereocenters. The van der Waals surface area contributed by atoms with E-state index in [0.717, 1.165) is 0 Å². The SMILES string of the molecule is Cc1c(Cc2cccc([N+](=O)[O-])c2)c(=O)oc2nc(O)ccc12. The van der Waals surface area contributed by atoms with Crippen LogP contribution in [-0.2, 0) is 6.42 Å². The first-order chi connectivity index (χ1) is 11.0. The van der Waals surface area contributed by atoms with E-state index in [1.807, 2.05) is 0 Å². The number of non-ortho nitro benzene ring substituents is 1. The second-order valence-electron chi connectivity index (χ2n) is 5.12. The molecule has 0 saturated heterocycles. The minimum atomic E-state index is -0.570. The van der Waals surface area contributed by atoms with Gasteiger partial charge in [0, 0.05) is 35.6 Å². The number of rotatable bonds is 3. The van der Waals surface area contributed by atoms with Gasteiger partial charge in [-0.2, -0.15) is 4.98 Å². The average molecular weight is 312 g/mol. The van der Waals surface area contributed by atoms with Crippen LogP contribution in [0.5, 0.6) is 5.88 Å². The maximum absolute atomic E-state index is 12.2. The summed E-state index contributed by atoms with van der Waals surface area (Å²) in [6.45, 7) is 1.75. The summed E-state index contributed by atoms with van der Waals surface area (Å²) in [5, 5.41) is 20.8. The molecule has 116 valence electrons. The van der Waals surface area contributed by atoms with Gasteiger partial charge >= 0.3 is 5.63 Å². The molecule has 0 amide bonds. The number of fused-ring (bicyclic) bond motifs is 1. The Morgan fingerprint density at radius 3 is 2.83 bits per heavy atom. The fraction of sp³-hybridized carbons (Fsp3) is 0.125. The predicted molar refractivity (Wildman–Crippen MR) is 82.6 cm³/mol. The molecule has 1 aromatic carbocycles. The fourth-order valence-corrected chi connectivity index (χ4v) is 2.45. The third-order valence-electron chi connectivity index (χ3n) is 3.64. The lowest BCUT2D eigenvalue weighted by Crippen LogP contribution is -2.11. The number of hydrogen-bond donors (Lipinski definition) is 1. The van der Waals surface area contributed by atoms with E-state index in [9.17, 15) is 20.0 Å². The van der Waals surface area contributed by atoms with Crippen molar-refractivity contribution in [3.8, 4) is 5.88 Å². The first-order valence-electron chi connectivity index (χ1n) is 6.81. The zero-order valence-corrected chi connectivity index (χ0v) is 12.1. The molecule has 0 bridgehead atoms. The van der Waals surface area contributed by atoms with Crippen molar-refractivity contribution in [3.63, 3.8) is 0 Å². The van der Waals surface area contributed by atoms with Gasteiger partial charge in [-0.25, -0.2) is 4.79 Å². The van der Waals surface area contributed by atoms with E-state index in [1.165, 1.54) is 18.2 Å². The van der Waals surface area contributed by atoms with Gasteiger partial charge in [-0.1, -0.05) is 12.1 Å². The predicted octanol–water partition coefficient (Wildman–Crippen LogP) is 2.70. The van der Waals surface area contributed by atoms with Gasteiger partial charge in [0.05, 0.1) is 4.92 Å². The monoisotopic (exact) mass is 312 g/mol. The number of benzene rings is 1. The molecule has 0 aliphatic carbocycles. The molecule has 2 heterocycles. The summed E-state index contributed by atoms with van der Waals surface area (Å²) in [5.74, 6) is -0.230. The molecular weight excluding hydrogens is 300 g/mol. The van der Waals surface area contributed by atoms with E-state index >= 15 is 0 Å². The topological polar surface area (TPSA) is 106 Å². The second kappa shape index (κ2) is 5.53. The van der Waals surface area contributed by atoms with E-state index in [1.54, 1.807) is 25.1 Å². The maximum atomic E-state index is 12.2. The van der Waals surface area contributed by atoms with Crippen LogP contribution in [0.1, 0.15) is 16.7 Å². The zero-order valence-electron chi connectivity index (χ0n) is 12.1. The number of nitro groups is 1. The molecule has 7 heteroatoms. The molecular formula is C16H12N2O5. The van der Waals surface area contributed by atoms with Crippen molar-refractivity contribution in [3.05, 3.63) is 73.6 Å². The van der Waals surface area contributed by atoms with E-state index < -0.39 is 10.5 Å². The number of aromatic nitrogens is 1. The van der Waals surface area contributed by atoms with Crippen LogP contribution in [-0.4, -0.2) is 15.0 Å². The lowest BCUT2D eigenvalue weighted by molar-refractivity contribution is -0.384. The number of aryl methyl sites for hydroxylation is 1. The van der Waals surface area contributed by atoms with Crippen LogP contribution in [0.25, 0.3) is 11.1 Å². The zero-order chi connectivity index (χ0) is 16.6. The van der Waals surface area contributed by atoms with Crippen molar-refractivity contribution in [1.29, 1.82) is 0 Å². The lowest BCUT2D eigenvalue weighted by Gasteiger charge is -2.07. The third-order valence-corrected chi connectivity index (χ3v) is 3.64. The number of aromatic hydroxyl groups is 1. The Hall–Kier alpha value is -3.22. The van der Waals surface area contributed by atoms with Crippen LogP contribution in [0.3, 0.4) is 0 Å². The van der Waals surface area contributed by atoms with Crippen LogP contribution >= 0.6 is 0 Å². The standard InChI is InChI=1S/C16H12N2O5/c1-9-12-5-6-14(19)17-15(12)23-16(20)13(9)8-10-3-2-4-11(7-10)18(21)22/h2-7H,8H2,1H3,(H,17,19). The molecule has 1 N–H and O–H groups in total. The maximum Gasteiger partial charge on any atom is 0.341 e. The van der Waals surface area contributed by atoms with E-state index in [4.69, 9.17) is 4.42 Å². The molecule has 0 spiro atoms. The molecule has 3 aromatic rings. The largest absolute Gasteiger partial charge is 0.493 e. The quantitative estimate of drug-likeness (QED) is 0.588. The molecule has 0 radical (unpaired) electrons. The van der Waals surface area contributed by atoms with Gasteiger partial charge in [0.25, 0.3) is 5.69 Å². The highest BCUT2D eigenvalue weighted by Crippen LogP contribution is 2.23. The molecule has 0 aliphatic heterocycles. The Morgan fingerprint density at radius 2 is 2.09 bits per heavy atom. The molecule has 0 fully saturated rings. The number of hydrogen-bond acceptors (Lipinski definition) is 6. The number of nitrogens with zero attached hydrogens (tertiary/aromatic N) is 2. The fourth-order valence-electron chi connectivity index (χ4n) is 2.45. The van der Waals surface area contributed by atoms with Crippen molar-refractivity contribution >= 4 is 16.8 Å². The van der Waals surface area contributed by atoms with Gasteiger partial charge in [-0.15, -0.1) is 0 Å². The van der Waals surface area contributed by atoms with Crippen LogP contribution in [0.2, 0.25) is 0 Å². The normalized spacial score (nSPS) is 10.8. The van der Waals surface area contributed by atoms with Crippen molar-refractivity contribution < 1.29 is 14.4 Å². The summed E-state index contributed by atoms with van der Waals surface area (Å²) in [6.07, 6.45) is 0.215. The van der Waals surface area contributed by atoms with Crippen molar-refractivity contribution in [2.24, 2.45) is 0 Å². The molecule has 23 heavy (non-hydrogen) atoms. The first-order valence-corrected chi connectivity index (χ1v) is 6.81. The lowest BCUT2D eigenvalue weighted by atomic mass is 10.0. The minimum Gasteiger partial charge on any atom is -0.493 e. The van der Waals surface area contributed by atoms with Crippen LogP contribution in [0.15, 0.2) is 45.6 Å². The Labute approximate surface area is 130 Å². The summed E-state index contributed by atoms with van der Waals surface area (Å²) in [6, 6.07) is 9.14. The Bertz CT molecular complexity index is 978. The molecule has 7 nitrogen and oxygen atoms in total. The van der Waals surface area contributed by atoms with Gasteiger partial charge in [-0.3, -0.25) is 10.1 Å². The van der Waals surface area contributed by atoms with Gasteiger partial charge in [-0.05, 0) is 24.1 Å². The van der Waals surface area contributed by atoms with Gasteiger partial charge in [0.1, 0.15) is 0 Å². The summed E-state index contributed by atoms with van der Waals surface area (Å²) in [4.78, 5) is 26.3. The van der Waals surface area contributed by atoms with Crippen molar-refractivity contribution in [2.45, 2.75) is 13.3 Å². The smallest absolute Gasteiger partial charge is 0.341 e. The van der Waals surface area contributed by atoms with E-state index in [0.29, 0.717) is 22.1 Å². The minimum absolute atomic E-state index is 0.0306. The molecule has 2 aromatic heterocycles. The van der Waals surface area contributed by atoms with Gasteiger partial charge < -0.3 is 9.52 Å². The molecule has 0 aliphatic rings. The van der Waals surface area contributed by atoms with E-state index in [2.05, 4.69) is 4.98 Å². The van der Waals surface area contributed by atoms with Crippen LogP contribution < -0.4 is 5.63 Å². The molecule has 0 unspecified atom stereocenters. The highest BCUT2D eigenvalue weighted by atomic mass is 16.6. The number of pyridine rings is 1. The Balaban J connectivity index is 2.10. The highest BCUT2D eigenvalue weighted by molar-refractivity contribution is 5.78. The third kappa shape index (κ3) is 2.76. The highest BCUT2D eigenvalue weighted by Gasteiger charge is 2.14. The Morgan fingerprint density at radius 1 is 1.30 bits per heavy atom. The van der Waals surface area contributed by atoms with E-state index in [-0.39, 0.29) is 23.7 Å². The van der Waals surface area contributed by atoms with Gasteiger partial charge in [0.2, 0.25) is 11.6 Å². The first kappa shape index (κ1) is 14.7. The molecule has 3 rings (SSSR count). The second-order valence-corrected chi connectivity index (χ2v) is 5.12. The van der Waals surface area contributed by atoms with Crippen molar-refractivity contribution in [1.82, 2.24) is 4.98 Å². The summed E-state index contributed by atoms with van der Waals surface area (Å²) < 4.78 is 5.14. The summed E-state index contributed by atoms with van der Waals surface area (Å²) in [5.41, 5.74) is 1.19. The Kier molecular flexibility index (Phi) is 3.53. The summed E-state index contributed by atoms with van der Waals surface area (Å²) in [7, 11) is 0. The van der Waals surface area contributed by atoms with Crippen molar-refractivity contribution in [2.75, 3.05) is 0 Å². The van der Waals surface area contributed by atoms with Crippen LogP contribution in [0, 0.1) is 17.0 Å². The van der Waals surface area contributed by atoms with Crippen LogP contribution in [0.4, 0.5) is 5.69 Å². The molecule has 0 saturated carbocycles. The van der Waals surface area contributed by atoms with Gasteiger partial charge in [0.15, 0.2) is 0 Å². The average Bonchev–Trinajstić information content (AvgIpc) is 2.51. The summed E-state index contributed by atoms with van der Waals surface area (Å²) >= 11 is 0. The number of nitro benzene ring substituents is 1.